The van der Waals surface area contributed by atoms with Crippen LogP contribution in [0.15, 0.2) is 0 Å². The average molecular weight is 240 g/mol. The van der Waals surface area contributed by atoms with Gasteiger partial charge in [-0.1, -0.05) is 0 Å². The lowest BCUT2D eigenvalue weighted by Gasteiger charge is -2.34. The van der Waals surface area contributed by atoms with E-state index < -0.39 is 6.04 Å². The van der Waals surface area contributed by atoms with E-state index in [-0.39, 0.29) is 30.2 Å². The van der Waals surface area contributed by atoms with Gasteiger partial charge in [0.2, 0.25) is 11.8 Å². The molecule has 2 fully saturated rings. The number of ether oxygens (including phenoxy) is 1. The number of piperazine rings is 1. The van der Waals surface area contributed by atoms with Crippen molar-refractivity contribution < 1.29 is 19.1 Å². The maximum Gasteiger partial charge on any atom is 0.305 e. The second-order valence-electron chi connectivity index (χ2n) is 4.37. The largest absolute Gasteiger partial charge is 0.469 e. The number of esters is 1. The van der Waals surface area contributed by atoms with Gasteiger partial charge in [-0.2, -0.15) is 0 Å². The van der Waals surface area contributed by atoms with E-state index in [4.69, 9.17) is 0 Å². The van der Waals surface area contributed by atoms with E-state index in [2.05, 4.69) is 10.1 Å². The first-order chi connectivity index (χ1) is 8.13. The second-order valence-corrected chi connectivity index (χ2v) is 4.37. The normalized spacial score (nSPS) is 27.7. The molecule has 2 saturated heterocycles. The fraction of sp³-hybridized carbons (Fsp3) is 0.727. The molecule has 0 saturated carbocycles. The highest BCUT2D eigenvalue weighted by Crippen LogP contribution is 2.23. The average Bonchev–Trinajstić information content (AvgIpc) is 2.81. The van der Waals surface area contributed by atoms with E-state index in [1.165, 1.54) is 7.11 Å². The monoisotopic (exact) mass is 240 g/mol. The van der Waals surface area contributed by atoms with Crippen LogP contribution in [0.5, 0.6) is 0 Å². The molecule has 2 heterocycles. The SMILES string of the molecule is COC(=O)CC[C@@H]1NC(=O)[C@H]2CCCN2C1=O. The molecular weight excluding hydrogens is 224 g/mol. The van der Waals surface area contributed by atoms with Crippen molar-refractivity contribution in [1.82, 2.24) is 10.2 Å². The van der Waals surface area contributed by atoms with Gasteiger partial charge in [0.25, 0.3) is 0 Å². The topological polar surface area (TPSA) is 75.7 Å². The molecule has 6 heteroatoms. The van der Waals surface area contributed by atoms with Crippen LogP contribution in [0.1, 0.15) is 25.7 Å². The molecule has 2 rings (SSSR count). The van der Waals surface area contributed by atoms with E-state index in [0.29, 0.717) is 13.0 Å². The summed E-state index contributed by atoms with van der Waals surface area (Å²) in [4.78, 5) is 36.4. The van der Waals surface area contributed by atoms with Crippen molar-refractivity contribution in [2.45, 2.75) is 37.8 Å². The molecule has 0 unspecified atom stereocenters. The lowest BCUT2D eigenvalue weighted by atomic mass is 10.0. The Balaban J connectivity index is 1.97. The van der Waals surface area contributed by atoms with Gasteiger partial charge in [0.05, 0.1) is 7.11 Å². The molecule has 1 N–H and O–H groups in total. The number of rotatable bonds is 3. The number of nitrogens with zero attached hydrogens (tertiary/aromatic N) is 1. The predicted octanol–water partition coefficient (Wildman–Crippen LogP) is -0.571. The molecule has 94 valence electrons. The Morgan fingerprint density at radius 1 is 1.53 bits per heavy atom. The number of methoxy groups -OCH3 is 1. The van der Waals surface area contributed by atoms with Gasteiger partial charge in [-0.25, -0.2) is 0 Å². The molecule has 2 atom stereocenters. The van der Waals surface area contributed by atoms with Gasteiger partial charge in [-0.05, 0) is 19.3 Å². The van der Waals surface area contributed by atoms with Gasteiger partial charge in [0, 0.05) is 13.0 Å². The van der Waals surface area contributed by atoms with E-state index in [1.54, 1.807) is 4.90 Å². The number of hydrogen-bond donors (Lipinski definition) is 1. The van der Waals surface area contributed by atoms with Crippen molar-refractivity contribution in [3.05, 3.63) is 0 Å². The number of amides is 2. The van der Waals surface area contributed by atoms with Crippen LogP contribution < -0.4 is 5.32 Å². The molecular formula is C11H16N2O4. The first kappa shape index (κ1) is 11.9. The van der Waals surface area contributed by atoms with Crippen LogP contribution >= 0.6 is 0 Å². The summed E-state index contributed by atoms with van der Waals surface area (Å²) in [5, 5.41) is 2.68. The third kappa shape index (κ3) is 2.25. The van der Waals surface area contributed by atoms with Gasteiger partial charge in [-0.3, -0.25) is 14.4 Å². The van der Waals surface area contributed by atoms with Gasteiger partial charge in [-0.15, -0.1) is 0 Å². The fourth-order valence-corrected chi connectivity index (χ4v) is 2.39. The maximum absolute atomic E-state index is 12.0. The number of carbonyl (C=O) groups excluding carboxylic acids is 3. The first-order valence-corrected chi connectivity index (χ1v) is 5.81. The van der Waals surface area contributed by atoms with E-state index in [0.717, 1.165) is 12.8 Å². The number of hydrogen-bond acceptors (Lipinski definition) is 4. The molecule has 0 aliphatic carbocycles. The summed E-state index contributed by atoms with van der Waals surface area (Å²) in [7, 11) is 1.31. The van der Waals surface area contributed by atoms with Crippen molar-refractivity contribution in [2.75, 3.05) is 13.7 Å². The van der Waals surface area contributed by atoms with Gasteiger partial charge in [0.1, 0.15) is 12.1 Å². The quantitative estimate of drug-likeness (QED) is 0.670. The summed E-state index contributed by atoms with van der Waals surface area (Å²) in [6.07, 6.45) is 2.06. The number of nitrogens with one attached hydrogen (secondary N) is 1. The van der Waals surface area contributed by atoms with Crippen LogP contribution in [0.25, 0.3) is 0 Å². The van der Waals surface area contributed by atoms with Crippen molar-refractivity contribution in [3.63, 3.8) is 0 Å². The Kier molecular flexibility index (Phi) is 3.31. The third-order valence-electron chi connectivity index (χ3n) is 3.32. The molecule has 0 aromatic rings. The molecule has 2 aliphatic rings. The maximum atomic E-state index is 12.0. The lowest BCUT2D eigenvalue weighted by Crippen LogP contribution is -2.61. The molecule has 17 heavy (non-hydrogen) atoms. The zero-order valence-corrected chi connectivity index (χ0v) is 9.77. The molecule has 2 aliphatic heterocycles. The first-order valence-electron chi connectivity index (χ1n) is 5.81. The molecule has 6 nitrogen and oxygen atoms in total. The Morgan fingerprint density at radius 3 is 3.00 bits per heavy atom. The van der Waals surface area contributed by atoms with Crippen molar-refractivity contribution in [3.8, 4) is 0 Å². The molecule has 0 spiro atoms. The fourth-order valence-electron chi connectivity index (χ4n) is 2.39. The predicted molar refractivity (Wildman–Crippen MR) is 57.9 cm³/mol. The van der Waals surface area contributed by atoms with E-state index in [1.807, 2.05) is 0 Å². The van der Waals surface area contributed by atoms with Crippen LogP contribution in [-0.2, 0) is 19.1 Å². The minimum atomic E-state index is -0.573. The van der Waals surface area contributed by atoms with Crippen LogP contribution in [0.3, 0.4) is 0 Å². The zero-order chi connectivity index (χ0) is 12.4. The van der Waals surface area contributed by atoms with E-state index in [9.17, 15) is 14.4 Å². The van der Waals surface area contributed by atoms with Crippen LogP contribution in [-0.4, -0.2) is 48.4 Å². The van der Waals surface area contributed by atoms with Gasteiger partial charge in [0.15, 0.2) is 0 Å². The van der Waals surface area contributed by atoms with Crippen LogP contribution in [0.4, 0.5) is 0 Å². The minimum Gasteiger partial charge on any atom is -0.469 e. The van der Waals surface area contributed by atoms with Crippen molar-refractivity contribution >= 4 is 17.8 Å². The Morgan fingerprint density at radius 2 is 2.29 bits per heavy atom. The number of fused-ring (bicyclic) bond motifs is 1. The van der Waals surface area contributed by atoms with Gasteiger partial charge < -0.3 is 15.0 Å². The van der Waals surface area contributed by atoms with Crippen LogP contribution in [0.2, 0.25) is 0 Å². The highest BCUT2D eigenvalue weighted by atomic mass is 16.5. The van der Waals surface area contributed by atoms with E-state index >= 15 is 0 Å². The highest BCUT2D eigenvalue weighted by Gasteiger charge is 2.42. The molecule has 0 aromatic heterocycles. The molecule has 2 amide bonds. The standard InChI is InChI=1S/C11H16N2O4/c1-17-9(14)5-4-7-11(16)13-6-2-3-8(13)10(15)12-7/h7-8H,2-6H2,1H3,(H,12,15)/t7-,8+/m0/s1. The zero-order valence-electron chi connectivity index (χ0n) is 9.77. The van der Waals surface area contributed by atoms with Crippen LogP contribution in [0, 0.1) is 0 Å². The Labute approximate surface area is 99.3 Å². The second kappa shape index (κ2) is 4.73. The summed E-state index contributed by atoms with van der Waals surface area (Å²) < 4.78 is 4.51. The summed E-state index contributed by atoms with van der Waals surface area (Å²) >= 11 is 0. The van der Waals surface area contributed by atoms with Crippen molar-refractivity contribution in [2.24, 2.45) is 0 Å². The molecule has 0 bridgehead atoms. The van der Waals surface area contributed by atoms with Crippen molar-refractivity contribution in [1.29, 1.82) is 0 Å². The smallest absolute Gasteiger partial charge is 0.305 e. The molecule has 0 aromatic carbocycles. The Hall–Kier alpha value is -1.59. The summed E-state index contributed by atoms with van der Waals surface area (Å²) in [5.41, 5.74) is 0. The third-order valence-corrected chi connectivity index (χ3v) is 3.32. The molecule has 0 radical (unpaired) electrons. The summed E-state index contributed by atoms with van der Waals surface area (Å²) in [5.74, 6) is -0.538. The number of carbonyl (C=O) groups is 3. The highest BCUT2D eigenvalue weighted by molar-refractivity contribution is 5.97. The summed E-state index contributed by atoms with van der Waals surface area (Å²) in [6.45, 7) is 0.644. The van der Waals surface area contributed by atoms with Gasteiger partial charge >= 0.3 is 5.97 Å². The lowest BCUT2D eigenvalue weighted by molar-refractivity contribution is -0.148. The summed E-state index contributed by atoms with van der Waals surface area (Å²) in [6, 6.07) is -0.868. The Bertz CT molecular complexity index is 355. The minimum absolute atomic E-state index is 0.0731.